The molecule has 0 aromatic heterocycles. The Balaban J connectivity index is 1.97. The third-order valence-corrected chi connectivity index (χ3v) is 4.40. The smallest absolute Gasteiger partial charge is 0.253 e. The van der Waals surface area contributed by atoms with Crippen LogP contribution in [0.5, 0.6) is 0 Å². The fourth-order valence-corrected chi connectivity index (χ4v) is 2.88. The van der Waals surface area contributed by atoms with Crippen molar-refractivity contribution in [3.8, 4) is 0 Å². The first-order valence-electron chi connectivity index (χ1n) is 8.36. The quantitative estimate of drug-likeness (QED) is 0.902. The molecule has 1 aromatic carbocycles. The van der Waals surface area contributed by atoms with Crippen LogP contribution in [0.2, 0.25) is 0 Å². The number of carbonyl (C=O) groups excluding carboxylic acids is 2. The van der Waals surface area contributed by atoms with E-state index in [9.17, 15) is 9.59 Å². The van der Waals surface area contributed by atoms with Gasteiger partial charge in [0.1, 0.15) is 0 Å². The zero-order chi connectivity index (χ0) is 15.9. The minimum Gasteiger partial charge on any atom is -0.339 e. The lowest BCUT2D eigenvalue weighted by atomic mass is 10.0. The second-order valence-electron chi connectivity index (χ2n) is 5.93. The normalized spacial score (nSPS) is 15.0. The average molecular weight is 302 g/mol. The molecule has 0 saturated carbocycles. The van der Waals surface area contributed by atoms with Gasteiger partial charge in [0.05, 0.1) is 0 Å². The number of hydrogen-bond acceptors (Lipinski definition) is 2. The first-order valence-corrected chi connectivity index (χ1v) is 8.36. The lowest BCUT2D eigenvalue weighted by Crippen LogP contribution is -2.35. The van der Waals surface area contributed by atoms with Crippen LogP contribution in [0.4, 0.5) is 5.69 Å². The van der Waals surface area contributed by atoms with E-state index in [2.05, 4.69) is 5.32 Å². The minimum absolute atomic E-state index is 0.0506. The summed E-state index contributed by atoms with van der Waals surface area (Å²) in [4.78, 5) is 26.3. The second-order valence-corrected chi connectivity index (χ2v) is 5.93. The number of anilines is 1. The van der Waals surface area contributed by atoms with Gasteiger partial charge in [-0.15, -0.1) is 0 Å². The zero-order valence-corrected chi connectivity index (χ0v) is 13.6. The summed E-state index contributed by atoms with van der Waals surface area (Å²) in [6, 6.07) is 7.24. The Labute approximate surface area is 132 Å². The van der Waals surface area contributed by atoms with E-state index < -0.39 is 0 Å². The Morgan fingerprint density at radius 3 is 2.18 bits per heavy atom. The molecule has 1 aliphatic rings. The van der Waals surface area contributed by atoms with Gasteiger partial charge >= 0.3 is 0 Å². The highest BCUT2D eigenvalue weighted by Crippen LogP contribution is 2.17. The third kappa shape index (κ3) is 4.09. The maximum atomic E-state index is 12.4. The molecule has 0 spiro atoms. The molecule has 4 heteroatoms. The summed E-state index contributed by atoms with van der Waals surface area (Å²) >= 11 is 0. The molecule has 1 aliphatic heterocycles. The van der Waals surface area contributed by atoms with Crippen molar-refractivity contribution in [3.63, 3.8) is 0 Å². The van der Waals surface area contributed by atoms with Crippen molar-refractivity contribution in [1.29, 1.82) is 0 Å². The molecule has 0 atom stereocenters. The number of carbonyl (C=O) groups is 2. The first kappa shape index (κ1) is 16.5. The Kier molecular flexibility index (Phi) is 5.99. The molecule has 22 heavy (non-hydrogen) atoms. The van der Waals surface area contributed by atoms with Gasteiger partial charge in [0, 0.05) is 30.3 Å². The molecule has 120 valence electrons. The molecule has 2 amide bonds. The lowest BCUT2D eigenvalue weighted by molar-refractivity contribution is -0.120. The zero-order valence-electron chi connectivity index (χ0n) is 13.6. The van der Waals surface area contributed by atoms with Crippen molar-refractivity contribution in [2.24, 2.45) is 5.92 Å². The number of amides is 2. The van der Waals surface area contributed by atoms with E-state index in [-0.39, 0.29) is 17.7 Å². The summed E-state index contributed by atoms with van der Waals surface area (Å²) in [7, 11) is 0. The number of nitrogens with one attached hydrogen (secondary N) is 1. The highest BCUT2D eigenvalue weighted by atomic mass is 16.2. The van der Waals surface area contributed by atoms with E-state index >= 15 is 0 Å². The highest BCUT2D eigenvalue weighted by molar-refractivity contribution is 5.96. The SMILES string of the molecule is CCC(CC)C(=O)Nc1ccc(C(=O)N2CCCCC2)cc1. The fourth-order valence-electron chi connectivity index (χ4n) is 2.88. The molecular formula is C18H26N2O2. The summed E-state index contributed by atoms with van der Waals surface area (Å²) in [6.45, 7) is 5.75. The maximum Gasteiger partial charge on any atom is 0.253 e. The van der Waals surface area contributed by atoms with E-state index in [1.165, 1.54) is 6.42 Å². The number of benzene rings is 1. The van der Waals surface area contributed by atoms with E-state index in [4.69, 9.17) is 0 Å². The largest absolute Gasteiger partial charge is 0.339 e. The van der Waals surface area contributed by atoms with Gasteiger partial charge in [-0.1, -0.05) is 13.8 Å². The third-order valence-electron chi connectivity index (χ3n) is 4.40. The van der Waals surface area contributed by atoms with Crippen molar-refractivity contribution in [2.75, 3.05) is 18.4 Å². The number of likely N-dealkylation sites (tertiary alicyclic amines) is 1. The number of nitrogens with zero attached hydrogens (tertiary/aromatic N) is 1. The van der Waals surface area contributed by atoms with Crippen molar-refractivity contribution in [3.05, 3.63) is 29.8 Å². The van der Waals surface area contributed by atoms with Gasteiger partial charge in [-0.3, -0.25) is 9.59 Å². The molecule has 1 aromatic rings. The summed E-state index contributed by atoms with van der Waals surface area (Å²) in [5.41, 5.74) is 1.45. The summed E-state index contributed by atoms with van der Waals surface area (Å²) in [5.74, 6) is 0.201. The Bertz CT molecular complexity index is 500. The van der Waals surface area contributed by atoms with Crippen molar-refractivity contribution >= 4 is 17.5 Å². The molecule has 0 bridgehead atoms. The van der Waals surface area contributed by atoms with Crippen LogP contribution in [0.3, 0.4) is 0 Å². The Morgan fingerprint density at radius 2 is 1.64 bits per heavy atom. The fraction of sp³-hybridized carbons (Fsp3) is 0.556. The van der Waals surface area contributed by atoms with Gasteiger partial charge in [-0.05, 0) is 56.4 Å². The molecule has 1 heterocycles. The molecule has 0 unspecified atom stereocenters. The molecule has 4 nitrogen and oxygen atoms in total. The van der Waals surface area contributed by atoms with Crippen LogP contribution in [0, 0.1) is 5.92 Å². The van der Waals surface area contributed by atoms with Crippen molar-refractivity contribution in [2.45, 2.75) is 46.0 Å². The summed E-state index contributed by atoms with van der Waals surface area (Å²) in [5, 5.41) is 2.93. The van der Waals surface area contributed by atoms with Gasteiger partial charge in [-0.2, -0.15) is 0 Å². The van der Waals surface area contributed by atoms with Crippen molar-refractivity contribution in [1.82, 2.24) is 4.90 Å². The summed E-state index contributed by atoms with van der Waals surface area (Å²) < 4.78 is 0. The molecule has 1 N–H and O–H groups in total. The molecule has 0 aliphatic carbocycles. The number of rotatable bonds is 5. The van der Waals surface area contributed by atoms with E-state index in [0.29, 0.717) is 5.56 Å². The Hall–Kier alpha value is -1.84. The van der Waals surface area contributed by atoms with Crippen LogP contribution in [0.1, 0.15) is 56.3 Å². The molecule has 1 fully saturated rings. The number of piperidine rings is 1. The standard InChI is InChI=1S/C18H26N2O2/c1-3-14(4-2)17(21)19-16-10-8-15(9-11-16)18(22)20-12-6-5-7-13-20/h8-11,14H,3-7,12-13H2,1-2H3,(H,19,21). The number of hydrogen-bond donors (Lipinski definition) is 1. The van der Waals surface area contributed by atoms with Crippen LogP contribution in [0.25, 0.3) is 0 Å². The van der Waals surface area contributed by atoms with Crippen LogP contribution < -0.4 is 5.32 Å². The topological polar surface area (TPSA) is 49.4 Å². The predicted molar refractivity (Wildman–Crippen MR) is 88.9 cm³/mol. The van der Waals surface area contributed by atoms with Gasteiger partial charge in [0.2, 0.25) is 5.91 Å². The molecule has 2 rings (SSSR count). The molecule has 1 saturated heterocycles. The van der Waals surface area contributed by atoms with Gasteiger partial charge in [0.25, 0.3) is 5.91 Å². The van der Waals surface area contributed by atoms with Crippen LogP contribution in [0.15, 0.2) is 24.3 Å². The predicted octanol–water partition coefficient (Wildman–Crippen LogP) is 3.69. The van der Waals surface area contributed by atoms with Gasteiger partial charge in [-0.25, -0.2) is 0 Å². The van der Waals surface area contributed by atoms with Gasteiger partial charge in [0.15, 0.2) is 0 Å². The monoisotopic (exact) mass is 302 g/mol. The molecular weight excluding hydrogens is 276 g/mol. The Morgan fingerprint density at radius 1 is 1.05 bits per heavy atom. The van der Waals surface area contributed by atoms with Crippen LogP contribution in [-0.2, 0) is 4.79 Å². The van der Waals surface area contributed by atoms with E-state index in [1.807, 2.05) is 30.9 Å². The van der Waals surface area contributed by atoms with Crippen LogP contribution >= 0.6 is 0 Å². The second kappa shape index (κ2) is 7.97. The van der Waals surface area contributed by atoms with E-state index in [0.717, 1.165) is 44.5 Å². The minimum atomic E-state index is 0.0506. The lowest BCUT2D eigenvalue weighted by Gasteiger charge is -2.26. The average Bonchev–Trinajstić information content (AvgIpc) is 2.57. The van der Waals surface area contributed by atoms with E-state index in [1.54, 1.807) is 12.1 Å². The summed E-state index contributed by atoms with van der Waals surface area (Å²) in [6.07, 6.45) is 5.08. The maximum absolute atomic E-state index is 12.4. The van der Waals surface area contributed by atoms with Crippen LogP contribution in [-0.4, -0.2) is 29.8 Å². The van der Waals surface area contributed by atoms with Gasteiger partial charge < -0.3 is 10.2 Å². The van der Waals surface area contributed by atoms with Crippen molar-refractivity contribution < 1.29 is 9.59 Å². The molecule has 0 radical (unpaired) electrons. The first-order chi connectivity index (χ1) is 10.7. The highest BCUT2D eigenvalue weighted by Gasteiger charge is 2.18.